The lowest BCUT2D eigenvalue weighted by molar-refractivity contribution is -0.132. The van der Waals surface area contributed by atoms with E-state index in [-0.39, 0.29) is 23.8 Å². The van der Waals surface area contributed by atoms with E-state index in [0.29, 0.717) is 13.2 Å². The number of rotatable bonds is 4. The van der Waals surface area contributed by atoms with Crippen molar-refractivity contribution in [2.75, 3.05) is 13.2 Å². The van der Waals surface area contributed by atoms with Crippen LogP contribution in [0.15, 0.2) is 0 Å². The van der Waals surface area contributed by atoms with Gasteiger partial charge in [-0.2, -0.15) is 0 Å². The summed E-state index contributed by atoms with van der Waals surface area (Å²) in [5.41, 5.74) is 0. The van der Waals surface area contributed by atoms with E-state index in [1.54, 1.807) is 0 Å². The van der Waals surface area contributed by atoms with Gasteiger partial charge in [-0.1, -0.05) is 13.8 Å². The Bertz CT molecular complexity index is 249. The van der Waals surface area contributed by atoms with Crippen LogP contribution in [0, 0.1) is 5.92 Å². The molecular formula is C10H18N2O3. The molecule has 2 N–H and O–H groups in total. The molecule has 1 rings (SSSR count). The van der Waals surface area contributed by atoms with Crippen molar-refractivity contribution in [3.63, 3.8) is 0 Å². The fourth-order valence-electron chi connectivity index (χ4n) is 1.36. The van der Waals surface area contributed by atoms with Crippen LogP contribution in [0.3, 0.4) is 0 Å². The van der Waals surface area contributed by atoms with Crippen LogP contribution in [0.5, 0.6) is 0 Å². The van der Waals surface area contributed by atoms with E-state index >= 15 is 0 Å². The van der Waals surface area contributed by atoms with Gasteiger partial charge in [0.1, 0.15) is 6.04 Å². The molecule has 0 aliphatic carbocycles. The van der Waals surface area contributed by atoms with E-state index in [2.05, 4.69) is 10.6 Å². The average Bonchev–Trinajstić information content (AvgIpc) is 2.06. The standard InChI is InChI=1S/C10H18N2O3/c1-6(2)9(11-7(3)13)10(14)12-8-4-15-5-8/h6,8-9H,4-5H2,1-3H3,(H,11,13)(H,12,14). The van der Waals surface area contributed by atoms with Crippen molar-refractivity contribution in [2.45, 2.75) is 32.9 Å². The van der Waals surface area contributed by atoms with Crippen molar-refractivity contribution in [1.29, 1.82) is 0 Å². The van der Waals surface area contributed by atoms with E-state index < -0.39 is 6.04 Å². The average molecular weight is 214 g/mol. The Morgan fingerprint density at radius 1 is 1.33 bits per heavy atom. The molecule has 1 aliphatic rings. The largest absolute Gasteiger partial charge is 0.377 e. The first-order valence-corrected chi connectivity index (χ1v) is 5.16. The number of ether oxygens (including phenoxy) is 1. The zero-order chi connectivity index (χ0) is 11.4. The quantitative estimate of drug-likeness (QED) is 0.673. The van der Waals surface area contributed by atoms with E-state index in [4.69, 9.17) is 4.74 Å². The summed E-state index contributed by atoms with van der Waals surface area (Å²) >= 11 is 0. The van der Waals surface area contributed by atoms with Crippen LogP contribution in [0.2, 0.25) is 0 Å². The van der Waals surface area contributed by atoms with Crippen LogP contribution < -0.4 is 10.6 Å². The highest BCUT2D eigenvalue weighted by atomic mass is 16.5. The molecule has 5 heteroatoms. The van der Waals surface area contributed by atoms with Gasteiger partial charge in [0.2, 0.25) is 11.8 Å². The third-order valence-electron chi connectivity index (χ3n) is 2.29. The molecule has 1 unspecified atom stereocenters. The number of hydrogen-bond donors (Lipinski definition) is 2. The molecule has 0 aromatic carbocycles. The molecule has 0 saturated carbocycles. The minimum atomic E-state index is -0.455. The summed E-state index contributed by atoms with van der Waals surface area (Å²) in [5.74, 6) is -0.239. The Balaban J connectivity index is 2.46. The maximum absolute atomic E-state index is 11.7. The summed E-state index contributed by atoms with van der Waals surface area (Å²) in [6.07, 6.45) is 0. The third-order valence-corrected chi connectivity index (χ3v) is 2.29. The van der Waals surface area contributed by atoms with E-state index in [1.807, 2.05) is 13.8 Å². The first-order chi connectivity index (χ1) is 7.00. The summed E-state index contributed by atoms with van der Waals surface area (Å²) in [7, 11) is 0. The highest BCUT2D eigenvalue weighted by Crippen LogP contribution is 2.05. The van der Waals surface area contributed by atoms with E-state index in [1.165, 1.54) is 6.92 Å². The summed E-state index contributed by atoms with van der Waals surface area (Å²) in [6.45, 7) is 6.34. The highest BCUT2D eigenvalue weighted by molar-refractivity contribution is 5.87. The Labute approximate surface area is 89.6 Å². The number of carbonyl (C=O) groups is 2. The third kappa shape index (κ3) is 3.51. The van der Waals surface area contributed by atoms with Gasteiger partial charge >= 0.3 is 0 Å². The van der Waals surface area contributed by atoms with Crippen LogP contribution in [-0.2, 0) is 14.3 Å². The molecular weight excluding hydrogens is 196 g/mol. The molecule has 5 nitrogen and oxygen atoms in total. The molecule has 0 bridgehead atoms. The fraction of sp³-hybridized carbons (Fsp3) is 0.800. The molecule has 15 heavy (non-hydrogen) atoms. The molecule has 1 atom stereocenters. The van der Waals surface area contributed by atoms with E-state index in [9.17, 15) is 9.59 Å². The molecule has 1 fully saturated rings. The van der Waals surface area contributed by atoms with Gasteiger partial charge in [0.15, 0.2) is 0 Å². The zero-order valence-electron chi connectivity index (χ0n) is 9.37. The second-order valence-electron chi connectivity index (χ2n) is 4.17. The van der Waals surface area contributed by atoms with Crippen LogP contribution >= 0.6 is 0 Å². The lowest BCUT2D eigenvalue weighted by Gasteiger charge is -2.30. The Kier molecular flexibility index (Phi) is 4.08. The summed E-state index contributed by atoms with van der Waals surface area (Å²) in [6, 6.07) is -0.351. The molecule has 2 amide bonds. The van der Waals surface area contributed by atoms with Gasteiger partial charge in [0, 0.05) is 6.92 Å². The molecule has 86 valence electrons. The van der Waals surface area contributed by atoms with Crippen molar-refractivity contribution in [2.24, 2.45) is 5.92 Å². The Morgan fingerprint density at radius 3 is 2.27 bits per heavy atom. The van der Waals surface area contributed by atoms with Crippen LogP contribution in [0.1, 0.15) is 20.8 Å². The lowest BCUT2D eigenvalue weighted by Crippen LogP contribution is -2.56. The van der Waals surface area contributed by atoms with Crippen molar-refractivity contribution in [3.8, 4) is 0 Å². The van der Waals surface area contributed by atoms with Crippen molar-refractivity contribution in [3.05, 3.63) is 0 Å². The summed E-state index contributed by atoms with van der Waals surface area (Å²) in [4.78, 5) is 22.7. The lowest BCUT2D eigenvalue weighted by atomic mass is 10.0. The molecule has 1 saturated heterocycles. The molecule has 0 aromatic rings. The SMILES string of the molecule is CC(=O)NC(C(=O)NC1COC1)C(C)C. The van der Waals surface area contributed by atoms with E-state index in [0.717, 1.165) is 0 Å². The van der Waals surface area contributed by atoms with Gasteiger partial charge in [-0.25, -0.2) is 0 Å². The predicted molar refractivity (Wildman–Crippen MR) is 55.2 cm³/mol. The minimum absolute atomic E-state index is 0.0786. The molecule has 1 heterocycles. The number of nitrogens with one attached hydrogen (secondary N) is 2. The van der Waals surface area contributed by atoms with Gasteiger partial charge in [0.25, 0.3) is 0 Å². The zero-order valence-corrected chi connectivity index (χ0v) is 9.37. The topological polar surface area (TPSA) is 67.4 Å². The van der Waals surface area contributed by atoms with Gasteiger partial charge in [0.05, 0.1) is 19.3 Å². The highest BCUT2D eigenvalue weighted by Gasteiger charge is 2.27. The second kappa shape index (κ2) is 5.11. The van der Waals surface area contributed by atoms with Crippen LogP contribution in [-0.4, -0.2) is 37.1 Å². The van der Waals surface area contributed by atoms with Gasteiger partial charge in [-0.3, -0.25) is 9.59 Å². The first kappa shape index (κ1) is 12.0. The second-order valence-corrected chi connectivity index (χ2v) is 4.17. The van der Waals surface area contributed by atoms with Gasteiger partial charge in [-0.05, 0) is 5.92 Å². The Hall–Kier alpha value is -1.10. The summed E-state index contributed by atoms with van der Waals surface area (Å²) < 4.78 is 4.95. The minimum Gasteiger partial charge on any atom is -0.377 e. The fourth-order valence-corrected chi connectivity index (χ4v) is 1.36. The van der Waals surface area contributed by atoms with Crippen molar-refractivity contribution >= 4 is 11.8 Å². The maximum Gasteiger partial charge on any atom is 0.243 e. The molecule has 0 spiro atoms. The molecule has 1 aliphatic heterocycles. The van der Waals surface area contributed by atoms with Gasteiger partial charge in [-0.15, -0.1) is 0 Å². The maximum atomic E-state index is 11.7. The van der Waals surface area contributed by atoms with Gasteiger partial charge < -0.3 is 15.4 Å². The predicted octanol–water partition coefficient (Wildman–Crippen LogP) is -0.338. The first-order valence-electron chi connectivity index (χ1n) is 5.16. The normalized spacial score (nSPS) is 18.1. The number of amides is 2. The molecule has 0 radical (unpaired) electrons. The van der Waals surface area contributed by atoms with Crippen LogP contribution in [0.25, 0.3) is 0 Å². The van der Waals surface area contributed by atoms with Crippen molar-refractivity contribution in [1.82, 2.24) is 10.6 Å². The summed E-state index contributed by atoms with van der Waals surface area (Å²) in [5, 5.41) is 5.47. The number of carbonyl (C=O) groups excluding carboxylic acids is 2. The smallest absolute Gasteiger partial charge is 0.243 e. The van der Waals surface area contributed by atoms with Crippen molar-refractivity contribution < 1.29 is 14.3 Å². The Morgan fingerprint density at radius 2 is 1.93 bits per heavy atom. The monoisotopic (exact) mass is 214 g/mol. The molecule has 0 aromatic heterocycles. The number of hydrogen-bond acceptors (Lipinski definition) is 3. The van der Waals surface area contributed by atoms with Crippen LogP contribution in [0.4, 0.5) is 0 Å².